The topological polar surface area (TPSA) is 72.5 Å². The van der Waals surface area contributed by atoms with Gasteiger partial charge in [-0.05, 0) is 23.4 Å². The quantitative estimate of drug-likeness (QED) is 0.676. The Labute approximate surface area is 67.2 Å². The molecule has 0 aliphatic carbocycles. The van der Waals surface area contributed by atoms with Gasteiger partial charge in [0.25, 0.3) is 0 Å². The van der Waals surface area contributed by atoms with E-state index in [2.05, 4.69) is 5.18 Å². The Morgan fingerprint density at radius 1 is 1.50 bits per heavy atom. The number of nitrogens with zero attached hydrogens (tertiary/aromatic N) is 1. The molecule has 1 aromatic carbocycles. The number of hydrogen-bond donors (Lipinski definition) is 1. The average molecular weight is 168 g/mol. The molecule has 0 saturated carbocycles. The maximum absolute atomic E-state index is 12.6. The van der Waals surface area contributed by atoms with Gasteiger partial charge < -0.3 is 5.73 Å². The van der Waals surface area contributed by atoms with Crippen molar-refractivity contribution in [3.05, 3.63) is 34.5 Å². The van der Waals surface area contributed by atoms with Gasteiger partial charge >= 0.3 is 0 Å². The summed E-state index contributed by atoms with van der Waals surface area (Å²) in [6, 6.07) is 3.16. The van der Waals surface area contributed by atoms with Crippen LogP contribution in [-0.2, 0) is 0 Å². The molecule has 62 valence electrons. The van der Waals surface area contributed by atoms with Crippen LogP contribution in [0.5, 0.6) is 0 Å². The normalized spacial score (nSPS) is 9.42. The fraction of sp³-hybridized carbons (Fsp3) is 0. The summed E-state index contributed by atoms with van der Waals surface area (Å²) >= 11 is 0. The highest BCUT2D eigenvalue weighted by Crippen LogP contribution is 2.18. The van der Waals surface area contributed by atoms with E-state index < -0.39 is 17.4 Å². The molecule has 0 radical (unpaired) electrons. The zero-order valence-corrected chi connectivity index (χ0v) is 5.95. The van der Waals surface area contributed by atoms with E-state index in [9.17, 15) is 14.1 Å². The lowest BCUT2D eigenvalue weighted by atomic mass is 10.2. The largest absolute Gasteiger partial charge is 0.366 e. The third-order valence-corrected chi connectivity index (χ3v) is 1.33. The van der Waals surface area contributed by atoms with Crippen LogP contribution in [0.15, 0.2) is 23.4 Å². The molecule has 0 bridgehead atoms. The minimum Gasteiger partial charge on any atom is -0.366 e. The Morgan fingerprint density at radius 2 is 2.17 bits per heavy atom. The van der Waals surface area contributed by atoms with Gasteiger partial charge in [0, 0.05) is 5.56 Å². The van der Waals surface area contributed by atoms with Gasteiger partial charge in [-0.25, -0.2) is 4.39 Å². The third-order valence-electron chi connectivity index (χ3n) is 1.33. The Balaban J connectivity index is 3.22. The Morgan fingerprint density at radius 3 is 2.67 bits per heavy atom. The number of primary amides is 1. The van der Waals surface area contributed by atoms with Gasteiger partial charge in [-0.1, -0.05) is 0 Å². The summed E-state index contributed by atoms with van der Waals surface area (Å²) in [6.45, 7) is 0. The number of nitrogens with two attached hydrogens (primary N) is 1. The van der Waals surface area contributed by atoms with Gasteiger partial charge in [-0.15, -0.1) is 4.91 Å². The van der Waals surface area contributed by atoms with E-state index in [1.807, 2.05) is 0 Å². The highest BCUT2D eigenvalue weighted by atomic mass is 19.1. The smallest absolute Gasteiger partial charge is 0.248 e. The molecule has 1 rings (SSSR count). The summed E-state index contributed by atoms with van der Waals surface area (Å²) in [5.41, 5.74) is 4.53. The number of nitroso groups, excluding NO2 is 1. The standard InChI is InChI=1S/C7H5FN2O2/c8-5-2-1-4(7(9)11)3-6(5)10-12/h1-3H,(H2,9,11). The zero-order chi connectivity index (χ0) is 9.14. The molecule has 0 aromatic heterocycles. The molecule has 0 aliphatic heterocycles. The zero-order valence-electron chi connectivity index (χ0n) is 5.95. The monoisotopic (exact) mass is 168 g/mol. The Bertz CT molecular complexity index is 338. The summed E-state index contributed by atoms with van der Waals surface area (Å²) in [4.78, 5) is 20.5. The molecule has 1 amide bonds. The van der Waals surface area contributed by atoms with Crippen molar-refractivity contribution < 1.29 is 9.18 Å². The summed E-state index contributed by atoms with van der Waals surface area (Å²) in [7, 11) is 0. The number of carbonyl (C=O) groups is 1. The molecule has 0 saturated heterocycles. The number of hydrogen-bond acceptors (Lipinski definition) is 3. The van der Waals surface area contributed by atoms with Crippen LogP contribution in [0.25, 0.3) is 0 Å². The van der Waals surface area contributed by atoms with Crippen molar-refractivity contribution in [1.82, 2.24) is 0 Å². The molecule has 4 nitrogen and oxygen atoms in total. The van der Waals surface area contributed by atoms with E-state index in [0.29, 0.717) is 0 Å². The average Bonchev–Trinajstić information content (AvgIpc) is 2.05. The van der Waals surface area contributed by atoms with Crippen LogP contribution in [0.4, 0.5) is 10.1 Å². The van der Waals surface area contributed by atoms with Crippen LogP contribution in [0.1, 0.15) is 10.4 Å². The van der Waals surface area contributed by atoms with Gasteiger partial charge in [-0.3, -0.25) is 4.79 Å². The molecular weight excluding hydrogens is 163 g/mol. The summed E-state index contributed by atoms with van der Waals surface area (Å²) < 4.78 is 12.6. The van der Waals surface area contributed by atoms with Crippen LogP contribution >= 0.6 is 0 Å². The van der Waals surface area contributed by atoms with Crippen molar-refractivity contribution in [1.29, 1.82) is 0 Å². The molecule has 0 fully saturated rings. The SMILES string of the molecule is NC(=O)c1ccc(F)c(N=O)c1. The van der Waals surface area contributed by atoms with E-state index in [0.717, 1.165) is 12.1 Å². The molecule has 1 aromatic rings. The molecule has 0 heterocycles. The van der Waals surface area contributed by atoms with Gasteiger partial charge in [-0.2, -0.15) is 0 Å². The van der Waals surface area contributed by atoms with Crippen LogP contribution < -0.4 is 5.73 Å². The van der Waals surface area contributed by atoms with Crippen molar-refractivity contribution in [3.63, 3.8) is 0 Å². The summed E-state index contributed by atoms with van der Waals surface area (Å²) in [5.74, 6) is -1.49. The summed E-state index contributed by atoms with van der Waals surface area (Å²) in [5, 5.41) is 2.38. The van der Waals surface area contributed by atoms with E-state index in [-0.39, 0.29) is 5.56 Å². The minimum absolute atomic E-state index is 0.0611. The maximum Gasteiger partial charge on any atom is 0.248 e. The van der Waals surface area contributed by atoms with Crippen LogP contribution in [-0.4, -0.2) is 5.91 Å². The van der Waals surface area contributed by atoms with Gasteiger partial charge in [0.2, 0.25) is 5.91 Å². The second-order valence-corrected chi connectivity index (χ2v) is 2.12. The molecule has 5 heteroatoms. The first-order valence-corrected chi connectivity index (χ1v) is 3.08. The fourth-order valence-corrected chi connectivity index (χ4v) is 0.736. The van der Waals surface area contributed by atoms with Crippen molar-refractivity contribution >= 4 is 11.6 Å². The molecule has 0 atom stereocenters. The molecule has 0 spiro atoms. The van der Waals surface area contributed by atoms with E-state index in [4.69, 9.17) is 5.73 Å². The van der Waals surface area contributed by atoms with E-state index in [1.54, 1.807) is 0 Å². The number of rotatable bonds is 2. The van der Waals surface area contributed by atoms with Crippen molar-refractivity contribution in [2.24, 2.45) is 10.9 Å². The fourth-order valence-electron chi connectivity index (χ4n) is 0.736. The second kappa shape index (κ2) is 3.08. The van der Waals surface area contributed by atoms with Gasteiger partial charge in [0.1, 0.15) is 5.69 Å². The first-order valence-electron chi connectivity index (χ1n) is 3.08. The molecule has 12 heavy (non-hydrogen) atoms. The third kappa shape index (κ3) is 1.45. The van der Waals surface area contributed by atoms with Crippen LogP contribution in [0.2, 0.25) is 0 Å². The first-order chi connectivity index (χ1) is 5.65. The Kier molecular flexibility index (Phi) is 2.14. The van der Waals surface area contributed by atoms with Crippen LogP contribution in [0, 0.1) is 10.7 Å². The Hall–Kier alpha value is -1.78. The lowest BCUT2D eigenvalue weighted by Crippen LogP contribution is -2.10. The highest BCUT2D eigenvalue weighted by molar-refractivity contribution is 5.93. The predicted molar refractivity (Wildman–Crippen MR) is 40.4 cm³/mol. The maximum atomic E-state index is 12.6. The molecule has 0 aliphatic rings. The number of amides is 1. The molecular formula is C7H5FN2O2. The molecule has 0 unspecified atom stereocenters. The predicted octanol–water partition coefficient (Wildman–Crippen LogP) is 1.32. The second-order valence-electron chi connectivity index (χ2n) is 2.12. The van der Waals surface area contributed by atoms with Crippen LogP contribution in [0.3, 0.4) is 0 Å². The highest BCUT2D eigenvalue weighted by Gasteiger charge is 2.06. The van der Waals surface area contributed by atoms with Gasteiger partial charge in [0.05, 0.1) is 0 Å². The summed E-state index contributed by atoms with van der Waals surface area (Å²) in [6.07, 6.45) is 0. The number of benzene rings is 1. The number of carbonyl (C=O) groups excluding carboxylic acids is 1. The first kappa shape index (κ1) is 8.32. The lowest BCUT2D eigenvalue weighted by molar-refractivity contribution is 0.100. The van der Waals surface area contributed by atoms with E-state index >= 15 is 0 Å². The lowest BCUT2D eigenvalue weighted by Gasteiger charge is -1.95. The van der Waals surface area contributed by atoms with E-state index in [1.165, 1.54) is 6.07 Å². The molecule has 2 N–H and O–H groups in total. The minimum atomic E-state index is -0.769. The van der Waals surface area contributed by atoms with Crippen molar-refractivity contribution in [2.75, 3.05) is 0 Å². The van der Waals surface area contributed by atoms with Crippen molar-refractivity contribution in [2.45, 2.75) is 0 Å². The van der Waals surface area contributed by atoms with Gasteiger partial charge in [0.15, 0.2) is 5.82 Å². The van der Waals surface area contributed by atoms with Crippen molar-refractivity contribution in [3.8, 4) is 0 Å². The number of halogens is 1.